The number of likely N-dealkylation sites (N-methyl/N-ethyl adjacent to an activating group) is 1. The first-order valence-electron chi connectivity index (χ1n) is 7.89. The quantitative estimate of drug-likeness (QED) is 0.737. The number of methoxy groups -OCH3 is 1. The van der Waals surface area contributed by atoms with E-state index >= 15 is 0 Å². The zero-order valence-corrected chi connectivity index (χ0v) is 13.9. The maximum Gasteiger partial charge on any atom is 0.352 e. The molecule has 1 aromatic carbocycles. The fourth-order valence-electron chi connectivity index (χ4n) is 2.46. The van der Waals surface area contributed by atoms with Crippen molar-refractivity contribution in [3.05, 3.63) is 23.1 Å². The highest BCUT2D eigenvalue weighted by Gasteiger charge is 2.40. The smallest absolute Gasteiger partial charge is 0.352 e. The lowest BCUT2D eigenvalue weighted by atomic mass is 10.3. The first kappa shape index (κ1) is 17.2. The van der Waals surface area contributed by atoms with Crippen molar-refractivity contribution in [1.82, 2.24) is 10.2 Å². The summed E-state index contributed by atoms with van der Waals surface area (Å²) in [6.45, 7) is 6.47. The van der Waals surface area contributed by atoms with Gasteiger partial charge in [0.05, 0.1) is 24.8 Å². The number of fused-ring (bicyclic) bond motifs is 1. The molecule has 23 heavy (non-hydrogen) atoms. The zero-order valence-electron chi connectivity index (χ0n) is 13.9. The molecule has 1 unspecified atom stereocenters. The molecule has 0 bridgehead atoms. The predicted molar refractivity (Wildman–Crippen MR) is 86.1 cm³/mol. The summed E-state index contributed by atoms with van der Waals surface area (Å²) < 4.78 is 11.6. The van der Waals surface area contributed by atoms with E-state index in [0.717, 1.165) is 17.8 Å². The van der Waals surface area contributed by atoms with Crippen LogP contribution in [-0.2, 0) is 4.79 Å². The van der Waals surface area contributed by atoms with Crippen LogP contribution in [0.4, 0.5) is 5.69 Å². The highest BCUT2D eigenvalue weighted by Crippen LogP contribution is 2.38. The molecule has 7 heteroatoms. The van der Waals surface area contributed by atoms with Gasteiger partial charge in [-0.05, 0) is 19.2 Å². The molecule has 0 saturated heterocycles. The van der Waals surface area contributed by atoms with Crippen molar-refractivity contribution in [3.8, 4) is 11.5 Å². The van der Waals surface area contributed by atoms with Crippen molar-refractivity contribution in [3.63, 3.8) is 0 Å². The average Bonchev–Trinajstić information content (AvgIpc) is 2.88. The Balaban J connectivity index is 1.81. The molecular formula is C16H24N3O4+. The topological polar surface area (TPSA) is 70.9 Å². The monoisotopic (exact) mass is 322 g/mol. The van der Waals surface area contributed by atoms with Crippen LogP contribution in [0.2, 0.25) is 0 Å². The molecule has 0 saturated carbocycles. The molecule has 0 fully saturated rings. The Labute approximate surface area is 136 Å². The third-order valence-corrected chi connectivity index (χ3v) is 3.90. The van der Waals surface area contributed by atoms with Crippen molar-refractivity contribution in [1.29, 1.82) is 0 Å². The number of carbonyl (C=O) groups is 1. The van der Waals surface area contributed by atoms with Gasteiger partial charge in [0.1, 0.15) is 5.75 Å². The lowest BCUT2D eigenvalue weighted by Gasteiger charge is -2.17. The van der Waals surface area contributed by atoms with E-state index in [4.69, 9.17) is 9.47 Å². The number of hydrogen-bond acceptors (Lipinski definition) is 5. The van der Waals surface area contributed by atoms with Crippen LogP contribution >= 0.6 is 0 Å². The van der Waals surface area contributed by atoms with Gasteiger partial charge < -0.3 is 14.8 Å². The summed E-state index contributed by atoms with van der Waals surface area (Å²) in [5.41, 5.74) is 0.491. The molecule has 0 aliphatic carbocycles. The van der Waals surface area contributed by atoms with Crippen LogP contribution in [0.3, 0.4) is 0 Å². The molecule has 2 rings (SSSR count). The highest BCUT2D eigenvalue weighted by molar-refractivity contribution is 5.77. The summed E-state index contributed by atoms with van der Waals surface area (Å²) >= 11 is 0. The number of nitroso groups, excluding NO2 is 1. The van der Waals surface area contributed by atoms with Crippen LogP contribution in [-0.4, -0.2) is 55.1 Å². The number of hydrogen-bond donors (Lipinski definition) is 1. The average molecular weight is 322 g/mol. The first-order chi connectivity index (χ1) is 11.1. The summed E-state index contributed by atoms with van der Waals surface area (Å²) in [5.74, 6) is 1.12. The lowest BCUT2D eigenvalue weighted by molar-refractivity contribution is -0.529. The summed E-state index contributed by atoms with van der Waals surface area (Å²) in [7, 11) is 1.56. The van der Waals surface area contributed by atoms with E-state index in [1.165, 1.54) is 0 Å². The number of benzene rings is 1. The van der Waals surface area contributed by atoms with Crippen molar-refractivity contribution >= 4 is 11.6 Å². The fraction of sp³-hybridized carbons (Fsp3) is 0.562. The molecule has 0 radical (unpaired) electrons. The molecule has 0 aromatic heterocycles. The molecular weight excluding hydrogens is 298 g/mol. The third-order valence-electron chi connectivity index (χ3n) is 3.90. The largest absolute Gasteiger partial charge is 0.497 e. The second kappa shape index (κ2) is 7.92. The van der Waals surface area contributed by atoms with Crippen LogP contribution in [0.1, 0.15) is 20.3 Å². The highest BCUT2D eigenvalue weighted by atomic mass is 16.5. The normalized spacial score (nSPS) is 16.2. The Kier molecular flexibility index (Phi) is 5.92. The maximum atomic E-state index is 12.2. The molecule has 1 heterocycles. The minimum Gasteiger partial charge on any atom is -0.497 e. The van der Waals surface area contributed by atoms with E-state index in [1.807, 2.05) is 18.7 Å². The molecule has 1 aliphatic heterocycles. The number of ether oxygens (including phenoxy) is 2. The van der Waals surface area contributed by atoms with Crippen molar-refractivity contribution in [2.24, 2.45) is 0 Å². The van der Waals surface area contributed by atoms with E-state index in [2.05, 4.69) is 5.32 Å². The Hall–Kier alpha value is -2.15. The predicted octanol–water partition coefficient (Wildman–Crippen LogP) is 1.67. The number of nitrogens with zero attached hydrogens (tertiary/aromatic N) is 2. The van der Waals surface area contributed by atoms with E-state index in [-0.39, 0.29) is 5.91 Å². The molecule has 126 valence electrons. The molecule has 1 aliphatic rings. The van der Waals surface area contributed by atoms with Crippen LogP contribution < -0.4 is 14.8 Å². The van der Waals surface area contributed by atoms with Crippen LogP contribution in [0, 0.1) is 4.91 Å². The Morgan fingerprint density at radius 1 is 1.39 bits per heavy atom. The Morgan fingerprint density at radius 2 is 2.13 bits per heavy atom. The zero-order chi connectivity index (χ0) is 16.8. The second-order valence-corrected chi connectivity index (χ2v) is 5.33. The van der Waals surface area contributed by atoms with Gasteiger partial charge in [0.2, 0.25) is 11.7 Å². The summed E-state index contributed by atoms with van der Waals surface area (Å²) in [4.78, 5) is 26.0. The van der Waals surface area contributed by atoms with E-state index in [0.29, 0.717) is 36.7 Å². The summed E-state index contributed by atoms with van der Waals surface area (Å²) in [5, 5.41) is 2.83. The molecule has 7 nitrogen and oxygen atoms in total. The van der Waals surface area contributed by atoms with Gasteiger partial charge in [-0.25, -0.2) is 0 Å². The fourth-order valence-corrected chi connectivity index (χ4v) is 2.46. The molecule has 1 aromatic rings. The van der Waals surface area contributed by atoms with E-state index in [1.54, 1.807) is 25.3 Å². The van der Waals surface area contributed by atoms with Gasteiger partial charge in [0.25, 0.3) is 0 Å². The van der Waals surface area contributed by atoms with Crippen LogP contribution in [0.25, 0.3) is 0 Å². The van der Waals surface area contributed by atoms with Gasteiger partial charge in [-0.15, -0.1) is 0 Å². The van der Waals surface area contributed by atoms with Crippen molar-refractivity contribution in [2.75, 3.05) is 33.3 Å². The molecule has 1 N–H and O–H groups in total. The van der Waals surface area contributed by atoms with Gasteiger partial charge in [0, 0.05) is 23.6 Å². The molecule has 1 atom stereocenters. The second-order valence-electron chi connectivity index (χ2n) is 5.33. The molecule has 1 amide bonds. The maximum absolute atomic E-state index is 12.2. The summed E-state index contributed by atoms with van der Waals surface area (Å²) in [6, 6.07) is 5.10. The number of rotatable bonds is 8. The molecule has 0 spiro atoms. The van der Waals surface area contributed by atoms with E-state index < -0.39 is 6.23 Å². The Bertz CT molecular complexity index is 572. The van der Waals surface area contributed by atoms with Gasteiger partial charge in [-0.1, -0.05) is 13.8 Å². The van der Waals surface area contributed by atoms with Crippen LogP contribution in [0.15, 0.2) is 18.2 Å². The van der Waals surface area contributed by atoms with Crippen molar-refractivity contribution in [2.45, 2.75) is 26.5 Å². The Morgan fingerprint density at radius 3 is 2.78 bits per heavy atom. The SMILES string of the molecule is CCN(CC)CC(=O)NCCC1Oc2cc(OC)ccc2[N+]1=O. The lowest BCUT2D eigenvalue weighted by Crippen LogP contribution is -2.38. The minimum absolute atomic E-state index is 0.0386. The third kappa shape index (κ3) is 4.19. The summed E-state index contributed by atoms with van der Waals surface area (Å²) in [6.07, 6.45) is -0.198. The van der Waals surface area contributed by atoms with Gasteiger partial charge >= 0.3 is 11.9 Å². The first-order valence-corrected chi connectivity index (χ1v) is 7.89. The number of carbonyl (C=O) groups excluding carboxylic acids is 1. The number of nitrogens with one attached hydrogen (secondary N) is 1. The van der Waals surface area contributed by atoms with Gasteiger partial charge in [-0.2, -0.15) is 0 Å². The van der Waals surface area contributed by atoms with Crippen LogP contribution in [0.5, 0.6) is 11.5 Å². The minimum atomic E-state index is -0.620. The van der Waals surface area contributed by atoms with Crippen molar-refractivity contribution < 1.29 is 19.0 Å². The van der Waals surface area contributed by atoms with Gasteiger partial charge in [0.15, 0.2) is 0 Å². The standard InChI is InChI=1S/C16H23N3O4/c1-4-18(5-2)11-15(20)17-9-8-16-19(21)13-7-6-12(22-3)10-14(13)23-16/h6-7,10,16H,4-5,8-9,11H2,1-3H3/p+1. The van der Waals surface area contributed by atoms with E-state index in [9.17, 15) is 9.70 Å². The number of amides is 1. The van der Waals surface area contributed by atoms with Gasteiger partial charge in [-0.3, -0.25) is 9.69 Å².